The van der Waals surface area contributed by atoms with Gasteiger partial charge < -0.3 is 9.52 Å². The fourth-order valence-electron chi connectivity index (χ4n) is 2.23. The van der Waals surface area contributed by atoms with E-state index < -0.39 is 16.0 Å². The van der Waals surface area contributed by atoms with Gasteiger partial charge in [0.2, 0.25) is 10.0 Å². The molecular weight excluding hydrogens is 326 g/mol. The van der Waals surface area contributed by atoms with Crippen molar-refractivity contribution < 1.29 is 22.7 Å². The molecule has 0 amide bonds. The number of carboxylic acids is 1. The van der Waals surface area contributed by atoms with Crippen LogP contribution in [0.4, 0.5) is 0 Å². The standard InChI is InChI=1S/C14H17NO5S2/c1-8-4-5-11(21-8)6-7-15-22(18,19)13-10(3)20-9(2)12(13)14(16)17/h4-5,15H,6-7H2,1-3H3,(H,16,17). The first kappa shape index (κ1) is 16.7. The van der Waals surface area contributed by atoms with Gasteiger partial charge in [-0.2, -0.15) is 0 Å². The number of aromatic carboxylic acids is 1. The van der Waals surface area contributed by atoms with E-state index in [9.17, 15) is 18.3 Å². The van der Waals surface area contributed by atoms with Crippen molar-refractivity contribution in [3.8, 4) is 0 Å². The van der Waals surface area contributed by atoms with Gasteiger partial charge in [-0.3, -0.25) is 0 Å². The van der Waals surface area contributed by atoms with E-state index in [1.165, 1.54) is 13.8 Å². The Morgan fingerprint density at radius 3 is 2.50 bits per heavy atom. The predicted octanol–water partition coefficient (Wildman–Crippen LogP) is 2.49. The Morgan fingerprint density at radius 2 is 1.95 bits per heavy atom. The van der Waals surface area contributed by atoms with E-state index in [1.807, 2.05) is 19.1 Å². The van der Waals surface area contributed by atoms with Gasteiger partial charge >= 0.3 is 5.97 Å². The molecule has 0 atom stereocenters. The van der Waals surface area contributed by atoms with Crippen LogP contribution in [0, 0.1) is 20.8 Å². The molecule has 0 aliphatic carbocycles. The number of rotatable bonds is 6. The molecule has 0 aromatic carbocycles. The number of hydrogen-bond donors (Lipinski definition) is 2. The number of hydrogen-bond acceptors (Lipinski definition) is 5. The summed E-state index contributed by atoms with van der Waals surface area (Å²) < 4.78 is 32.3. The zero-order valence-corrected chi connectivity index (χ0v) is 14.1. The maximum absolute atomic E-state index is 12.4. The number of sulfonamides is 1. The molecule has 0 unspecified atom stereocenters. The van der Waals surface area contributed by atoms with Crippen molar-refractivity contribution in [2.45, 2.75) is 32.1 Å². The Bertz CT molecular complexity index is 801. The minimum Gasteiger partial charge on any atom is -0.478 e. The summed E-state index contributed by atoms with van der Waals surface area (Å²) in [6.45, 7) is 5.06. The molecule has 0 aliphatic heterocycles. The maximum atomic E-state index is 12.4. The number of thiophene rings is 1. The molecule has 8 heteroatoms. The second kappa shape index (κ2) is 6.23. The van der Waals surface area contributed by atoms with Gasteiger partial charge in [-0.25, -0.2) is 17.9 Å². The van der Waals surface area contributed by atoms with Gasteiger partial charge in [-0.15, -0.1) is 11.3 Å². The van der Waals surface area contributed by atoms with E-state index in [0.29, 0.717) is 6.42 Å². The molecule has 0 aliphatic rings. The van der Waals surface area contributed by atoms with E-state index in [0.717, 1.165) is 9.75 Å². The van der Waals surface area contributed by atoms with E-state index in [-0.39, 0.29) is 28.5 Å². The van der Waals surface area contributed by atoms with Gasteiger partial charge in [0.15, 0.2) is 0 Å². The Hall–Kier alpha value is -1.64. The first-order valence-corrected chi connectivity index (χ1v) is 8.90. The van der Waals surface area contributed by atoms with Crippen LogP contribution in [0.15, 0.2) is 21.4 Å². The van der Waals surface area contributed by atoms with Crippen molar-refractivity contribution in [1.82, 2.24) is 4.72 Å². The molecule has 2 heterocycles. The summed E-state index contributed by atoms with van der Waals surface area (Å²) in [7, 11) is -3.93. The Kier molecular flexibility index (Phi) is 4.74. The quantitative estimate of drug-likeness (QED) is 0.840. The zero-order chi connectivity index (χ0) is 16.5. The molecule has 2 aromatic heterocycles. The fraction of sp³-hybridized carbons (Fsp3) is 0.357. The van der Waals surface area contributed by atoms with Crippen LogP contribution >= 0.6 is 11.3 Å². The highest BCUT2D eigenvalue weighted by atomic mass is 32.2. The minimum absolute atomic E-state index is 0.0781. The minimum atomic E-state index is -3.93. The van der Waals surface area contributed by atoms with Gasteiger partial charge in [-0.1, -0.05) is 0 Å². The lowest BCUT2D eigenvalue weighted by molar-refractivity contribution is 0.0691. The van der Waals surface area contributed by atoms with Crippen LogP contribution in [0.3, 0.4) is 0 Å². The van der Waals surface area contributed by atoms with Gasteiger partial charge in [0.1, 0.15) is 22.0 Å². The molecule has 6 nitrogen and oxygen atoms in total. The van der Waals surface area contributed by atoms with Crippen molar-refractivity contribution in [2.75, 3.05) is 6.54 Å². The summed E-state index contributed by atoms with van der Waals surface area (Å²) in [4.78, 5) is 13.2. The van der Waals surface area contributed by atoms with Crippen LogP contribution in [0.5, 0.6) is 0 Å². The fourth-order valence-corrected chi connectivity index (χ4v) is 4.56. The molecule has 0 fully saturated rings. The van der Waals surface area contributed by atoms with Crippen LogP contribution < -0.4 is 4.72 Å². The van der Waals surface area contributed by atoms with E-state index in [1.54, 1.807) is 11.3 Å². The molecule has 0 spiro atoms. The highest BCUT2D eigenvalue weighted by Gasteiger charge is 2.30. The first-order chi connectivity index (χ1) is 10.2. The van der Waals surface area contributed by atoms with E-state index in [2.05, 4.69) is 4.72 Å². The molecule has 0 radical (unpaired) electrons. The Labute approximate surface area is 132 Å². The second-order valence-electron chi connectivity index (χ2n) is 4.88. The molecule has 22 heavy (non-hydrogen) atoms. The Balaban J connectivity index is 2.19. The number of aryl methyl sites for hydroxylation is 3. The van der Waals surface area contributed by atoms with Crippen LogP contribution in [-0.2, 0) is 16.4 Å². The molecule has 0 bridgehead atoms. The lowest BCUT2D eigenvalue weighted by Gasteiger charge is -2.06. The van der Waals surface area contributed by atoms with E-state index >= 15 is 0 Å². The zero-order valence-electron chi connectivity index (χ0n) is 12.5. The third-order valence-electron chi connectivity index (χ3n) is 3.15. The summed E-state index contributed by atoms with van der Waals surface area (Å²) in [5.41, 5.74) is -0.308. The smallest absolute Gasteiger partial charge is 0.340 e. The summed E-state index contributed by atoms with van der Waals surface area (Å²) in [6.07, 6.45) is 0.552. The maximum Gasteiger partial charge on any atom is 0.340 e. The molecular formula is C14H17NO5S2. The molecule has 2 rings (SSSR count). The molecule has 0 saturated carbocycles. The topological polar surface area (TPSA) is 96.6 Å². The van der Waals surface area contributed by atoms with Gasteiger partial charge in [-0.05, 0) is 39.3 Å². The number of carbonyl (C=O) groups is 1. The van der Waals surface area contributed by atoms with Crippen molar-refractivity contribution >= 4 is 27.3 Å². The third-order valence-corrected chi connectivity index (χ3v) is 5.82. The van der Waals surface area contributed by atoms with E-state index in [4.69, 9.17) is 4.42 Å². The van der Waals surface area contributed by atoms with Crippen molar-refractivity contribution in [1.29, 1.82) is 0 Å². The number of nitrogens with one attached hydrogen (secondary N) is 1. The third kappa shape index (κ3) is 3.40. The SMILES string of the molecule is Cc1ccc(CCNS(=O)(=O)c2c(C)oc(C)c2C(=O)O)s1. The van der Waals surface area contributed by atoms with Gasteiger partial charge in [0.25, 0.3) is 0 Å². The van der Waals surface area contributed by atoms with Crippen LogP contribution in [0.2, 0.25) is 0 Å². The lowest BCUT2D eigenvalue weighted by atomic mass is 10.2. The summed E-state index contributed by atoms with van der Waals surface area (Å²) >= 11 is 1.60. The summed E-state index contributed by atoms with van der Waals surface area (Å²) in [6, 6.07) is 3.92. The predicted molar refractivity (Wildman–Crippen MR) is 83.1 cm³/mol. The molecule has 2 N–H and O–H groups in total. The second-order valence-corrected chi connectivity index (χ2v) is 7.96. The largest absolute Gasteiger partial charge is 0.478 e. The number of furan rings is 1. The highest BCUT2D eigenvalue weighted by Crippen LogP contribution is 2.26. The molecule has 120 valence electrons. The van der Waals surface area contributed by atoms with Gasteiger partial charge in [0.05, 0.1) is 0 Å². The highest BCUT2D eigenvalue weighted by molar-refractivity contribution is 7.89. The average molecular weight is 343 g/mol. The number of carboxylic acid groups (broad SMARTS) is 1. The lowest BCUT2D eigenvalue weighted by Crippen LogP contribution is -2.27. The van der Waals surface area contributed by atoms with Crippen LogP contribution in [-0.4, -0.2) is 26.0 Å². The summed E-state index contributed by atoms with van der Waals surface area (Å²) in [5.74, 6) is -1.16. The van der Waals surface area contributed by atoms with Crippen LogP contribution in [0.25, 0.3) is 0 Å². The Morgan fingerprint density at radius 1 is 1.27 bits per heavy atom. The first-order valence-electron chi connectivity index (χ1n) is 6.60. The normalized spacial score (nSPS) is 11.8. The average Bonchev–Trinajstić information content (AvgIpc) is 2.92. The van der Waals surface area contributed by atoms with Crippen molar-refractivity contribution in [2.24, 2.45) is 0 Å². The molecule has 0 saturated heterocycles. The monoisotopic (exact) mass is 343 g/mol. The van der Waals surface area contributed by atoms with Crippen LogP contribution in [0.1, 0.15) is 31.6 Å². The van der Waals surface area contributed by atoms with Crippen molar-refractivity contribution in [3.05, 3.63) is 39.0 Å². The van der Waals surface area contributed by atoms with Crippen molar-refractivity contribution in [3.63, 3.8) is 0 Å². The summed E-state index contributed by atoms with van der Waals surface area (Å²) in [5, 5.41) is 9.18. The molecule has 2 aromatic rings. The van der Waals surface area contributed by atoms with Gasteiger partial charge in [0, 0.05) is 16.3 Å².